The third-order valence-electron chi connectivity index (χ3n) is 12.8. The van der Waals surface area contributed by atoms with Crippen molar-refractivity contribution >= 4 is 16.5 Å². The van der Waals surface area contributed by atoms with Crippen molar-refractivity contribution in [2.45, 2.75) is 285 Å². The van der Waals surface area contributed by atoms with Gasteiger partial charge in [-0.3, -0.25) is 0 Å². The molecule has 0 aliphatic heterocycles. The van der Waals surface area contributed by atoms with Crippen LogP contribution >= 0.6 is 16.5 Å². The summed E-state index contributed by atoms with van der Waals surface area (Å²) in [5, 5.41) is 0. The van der Waals surface area contributed by atoms with Crippen LogP contribution in [0.25, 0.3) is 0 Å². The van der Waals surface area contributed by atoms with Crippen molar-refractivity contribution in [1.29, 1.82) is 0 Å². The van der Waals surface area contributed by atoms with E-state index >= 15 is 0 Å². The molecule has 392 valence electrons. The number of hydrogen-bond acceptors (Lipinski definition) is 6. The van der Waals surface area contributed by atoms with Crippen LogP contribution in [0, 0.1) is 0 Å². The van der Waals surface area contributed by atoms with Crippen molar-refractivity contribution in [2.75, 3.05) is 68.6 Å². The standard InChI is InChI=1S/2C26H56N.2CH5O3P/c2*1-5-7-9-11-13-15-17-19-21-23-25-27(3,4)26-24-22-20-18-16-14-12-10-8-6-2;2*1-4-5(2)3/h2*5-26H2,1-4H3;2*5H,1H3,(H,2,3)/q2*+1;;/p-2. The van der Waals surface area contributed by atoms with E-state index in [1.54, 1.807) is 0 Å². The van der Waals surface area contributed by atoms with E-state index in [0.717, 1.165) is 14.2 Å². The highest BCUT2D eigenvalue weighted by atomic mass is 31.1. The highest BCUT2D eigenvalue weighted by Crippen LogP contribution is 2.16. The Morgan fingerprint density at radius 2 is 0.391 bits per heavy atom. The van der Waals surface area contributed by atoms with Gasteiger partial charge in [0.05, 0.1) is 54.4 Å². The molecular weight excluding hydrogens is 835 g/mol. The van der Waals surface area contributed by atoms with Gasteiger partial charge in [0.15, 0.2) is 0 Å². The molecular formula is C54H120N2O6P2. The smallest absolute Gasteiger partial charge is 0.121 e. The van der Waals surface area contributed by atoms with Gasteiger partial charge in [-0.25, -0.2) is 0 Å². The molecule has 0 spiro atoms. The van der Waals surface area contributed by atoms with Gasteiger partial charge in [0.2, 0.25) is 0 Å². The van der Waals surface area contributed by atoms with Gasteiger partial charge in [-0.05, 0) is 51.4 Å². The Labute approximate surface area is 405 Å². The molecule has 0 bridgehead atoms. The lowest BCUT2D eigenvalue weighted by Gasteiger charge is -2.30. The van der Waals surface area contributed by atoms with E-state index in [0.29, 0.717) is 0 Å². The molecule has 0 aliphatic rings. The lowest BCUT2D eigenvalue weighted by molar-refractivity contribution is -0.890. The molecule has 0 aromatic heterocycles. The van der Waals surface area contributed by atoms with E-state index in [-0.39, 0.29) is 0 Å². The highest BCUT2D eigenvalue weighted by molar-refractivity contribution is 7.30. The average Bonchev–Trinajstić information content (AvgIpc) is 3.26. The van der Waals surface area contributed by atoms with Crippen LogP contribution < -0.4 is 9.79 Å². The molecule has 0 radical (unpaired) electrons. The monoisotopic (exact) mass is 955 g/mol. The van der Waals surface area contributed by atoms with E-state index in [1.807, 2.05) is 0 Å². The Balaban J connectivity index is -0.000000462. The molecule has 0 N–H and O–H groups in total. The summed E-state index contributed by atoms with van der Waals surface area (Å²) in [6.45, 7) is 14.7. The number of nitrogens with zero attached hydrogens (tertiary/aromatic N) is 2. The average molecular weight is 956 g/mol. The zero-order chi connectivity index (χ0) is 48.7. The van der Waals surface area contributed by atoms with Gasteiger partial charge in [-0.1, -0.05) is 233 Å². The highest BCUT2D eigenvalue weighted by Gasteiger charge is 2.14. The zero-order valence-electron chi connectivity index (χ0n) is 45.5. The predicted octanol–water partition coefficient (Wildman–Crippen LogP) is 16.6. The topological polar surface area (TPSA) is 98.7 Å². The summed E-state index contributed by atoms with van der Waals surface area (Å²) < 4.78 is 28.4. The van der Waals surface area contributed by atoms with Gasteiger partial charge in [0.25, 0.3) is 0 Å². The Kier molecular flexibility index (Phi) is 65.6. The van der Waals surface area contributed by atoms with Crippen molar-refractivity contribution in [3.8, 4) is 0 Å². The molecule has 64 heavy (non-hydrogen) atoms. The van der Waals surface area contributed by atoms with E-state index in [2.05, 4.69) is 64.9 Å². The summed E-state index contributed by atoms with van der Waals surface area (Å²) in [5.41, 5.74) is 0. The number of hydrogen-bond donors (Lipinski definition) is 0. The summed E-state index contributed by atoms with van der Waals surface area (Å²) >= 11 is 0. The minimum absolute atomic E-state index is 1.12. The molecule has 0 amide bonds. The largest absolute Gasteiger partial charge is 0.781 e. The molecule has 10 heteroatoms. The van der Waals surface area contributed by atoms with Gasteiger partial charge < -0.3 is 36.9 Å². The number of rotatable bonds is 46. The molecule has 0 heterocycles. The number of unbranched alkanes of at least 4 members (excludes halogenated alkanes) is 36. The zero-order valence-corrected chi connectivity index (χ0v) is 47.5. The summed E-state index contributed by atoms with van der Waals surface area (Å²) in [4.78, 5) is 18.4. The minimum atomic E-state index is -2.87. The van der Waals surface area contributed by atoms with Crippen LogP contribution in [0.3, 0.4) is 0 Å². The first-order valence-corrected chi connectivity index (χ1v) is 30.4. The molecule has 0 saturated heterocycles. The molecule has 0 aromatic rings. The van der Waals surface area contributed by atoms with Crippen LogP contribution in [0.2, 0.25) is 0 Å². The number of quaternary nitrogens is 2. The fourth-order valence-corrected chi connectivity index (χ4v) is 8.33. The van der Waals surface area contributed by atoms with Gasteiger partial charge in [-0.2, -0.15) is 0 Å². The molecule has 2 atom stereocenters. The molecule has 0 fully saturated rings. The van der Waals surface area contributed by atoms with Gasteiger partial charge in [-0.15, -0.1) is 0 Å². The van der Waals surface area contributed by atoms with Gasteiger partial charge in [0, 0.05) is 14.2 Å². The third kappa shape index (κ3) is 73.8. The molecule has 8 nitrogen and oxygen atoms in total. The van der Waals surface area contributed by atoms with E-state index in [1.165, 1.54) is 292 Å². The second-order valence-corrected chi connectivity index (χ2v) is 22.2. The second kappa shape index (κ2) is 59.3. The van der Waals surface area contributed by atoms with Crippen molar-refractivity contribution in [3.63, 3.8) is 0 Å². The van der Waals surface area contributed by atoms with Crippen molar-refractivity contribution in [3.05, 3.63) is 0 Å². The molecule has 0 rings (SSSR count). The maximum Gasteiger partial charge on any atom is 0.121 e. The Morgan fingerprint density at radius 3 is 0.500 bits per heavy atom. The Hall–Kier alpha value is 0.220. The van der Waals surface area contributed by atoms with Crippen LogP contribution in [0.15, 0.2) is 0 Å². The maximum atomic E-state index is 9.22. The quantitative estimate of drug-likeness (QED) is 0.0342. The molecule has 2 unspecified atom stereocenters. The van der Waals surface area contributed by atoms with E-state index < -0.39 is 16.5 Å². The summed E-state index contributed by atoms with van der Waals surface area (Å²) in [7, 11) is 6.27. The van der Waals surface area contributed by atoms with Crippen LogP contribution in [-0.2, 0) is 18.2 Å². The lowest BCUT2D eigenvalue weighted by Crippen LogP contribution is -2.41. The molecule has 0 saturated carbocycles. The lowest BCUT2D eigenvalue weighted by atomic mass is 10.1. The summed E-state index contributed by atoms with van der Waals surface area (Å²) in [6, 6.07) is 0. The van der Waals surface area contributed by atoms with Crippen molar-refractivity contribution < 1.29 is 36.9 Å². The fourth-order valence-electron chi connectivity index (χ4n) is 8.33. The van der Waals surface area contributed by atoms with Crippen molar-refractivity contribution in [1.82, 2.24) is 0 Å². The van der Waals surface area contributed by atoms with Crippen LogP contribution in [0.1, 0.15) is 285 Å². The van der Waals surface area contributed by atoms with E-state index in [9.17, 15) is 18.9 Å². The Bertz CT molecular complexity index is 774. The summed E-state index contributed by atoms with van der Waals surface area (Å²) in [5.74, 6) is 0. The normalized spacial score (nSPS) is 12.4. The predicted molar refractivity (Wildman–Crippen MR) is 283 cm³/mol. The van der Waals surface area contributed by atoms with Crippen LogP contribution in [0.5, 0.6) is 0 Å². The van der Waals surface area contributed by atoms with Gasteiger partial charge >= 0.3 is 0 Å². The van der Waals surface area contributed by atoms with Crippen molar-refractivity contribution in [2.24, 2.45) is 0 Å². The second-order valence-electron chi connectivity index (χ2n) is 20.4. The fraction of sp³-hybridized carbons (Fsp3) is 1.00. The van der Waals surface area contributed by atoms with Crippen LogP contribution in [-0.4, -0.2) is 77.6 Å². The molecule has 0 aliphatic carbocycles. The first kappa shape index (κ1) is 70.8. The minimum Gasteiger partial charge on any atom is -0.781 e. The van der Waals surface area contributed by atoms with E-state index in [4.69, 9.17) is 0 Å². The first-order chi connectivity index (χ1) is 30.8. The molecule has 0 aromatic carbocycles. The van der Waals surface area contributed by atoms with Crippen LogP contribution in [0.4, 0.5) is 0 Å². The summed E-state index contributed by atoms with van der Waals surface area (Å²) in [6.07, 6.45) is 58.0. The SMILES string of the molecule is CCCCCCCCCCCC[N+](C)(C)CCCCCCCCCCCC.CCCCCCCCCCCC[N+](C)(C)CCCCCCCCCCCC.CO[PH](=O)[O-].CO[PH](=O)[O-]. The first-order valence-electron chi connectivity index (χ1n) is 27.9. The third-order valence-corrected chi connectivity index (χ3v) is 13.5. The Morgan fingerprint density at radius 1 is 0.281 bits per heavy atom. The maximum absolute atomic E-state index is 9.22. The van der Waals surface area contributed by atoms with Gasteiger partial charge in [0.1, 0.15) is 16.5 Å².